The molecule has 17 heavy (non-hydrogen) atoms. The monoisotopic (exact) mass is 241 g/mol. The Kier molecular flexibility index (Phi) is 6.45. The molecule has 1 rings (SSSR count). The van der Waals surface area contributed by atoms with Crippen molar-refractivity contribution in [2.45, 2.75) is 58.7 Å². The fraction of sp³-hybridized carbons (Fsp3) is 1.00. The Morgan fingerprint density at radius 1 is 1.24 bits per heavy atom. The van der Waals surface area contributed by atoms with Crippen LogP contribution >= 0.6 is 0 Å². The third-order valence-corrected chi connectivity index (χ3v) is 3.81. The van der Waals surface area contributed by atoms with Gasteiger partial charge in [0.15, 0.2) is 0 Å². The van der Waals surface area contributed by atoms with E-state index >= 15 is 0 Å². The molecule has 0 amide bonds. The summed E-state index contributed by atoms with van der Waals surface area (Å²) in [5.41, 5.74) is 0. The molecule has 3 nitrogen and oxygen atoms in total. The minimum Gasteiger partial charge on any atom is -0.313 e. The number of rotatable bonds is 5. The van der Waals surface area contributed by atoms with Crippen LogP contribution in [0.3, 0.4) is 0 Å². The molecule has 0 aromatic rings. The Hall–Kier alpha value is -0.120. The van der Waals surface area contributed by atoms with E-state index in [1.54, 1.807) is 0 Å². The number of hydrogen-bond donors (Lipinski definition) is 1. The minimum atomic E-state index is 0.590. The van der Waals surface area contributed by atoms with Crippen molar-refractivity contribution in [3.05, 3.63) is 0 Å². The molecule has 2 atom stereocenters. The molecular weight excluding hydrogens is 210 g/mol. The van der Waals surface area contributed by atoms with Crippen molar-refractivity contribution in [3.8, 4) is 0 Å². The highest BCUT2D eigenvalue weighted by Crippen LogP contribution is 2.15. The molecule has 1 fully saturated rings. The molecule has 0 aromatic heterocycles. The van der Waals surface area contributed by atoms with Crippen LogP contribution in [0.4, 0.5) is 0 Å². The van der Waals surface area contributed by atoms with E-state index in [4.69, 9.17) is 0 Å². The van der Waals surface area contributed by atoms with Gasteiger partial charge < -0.3 is 10.2 Å². The summed E-state index contributed by atoms with van der Waals surface area (Å²) < 4.78 is 0. The van der Waals surface area contributed by atoms with Crippen molar-refractivity contribution in [3.63, 3.8) is 0 Å². The smallest absolute Gasteiger partial charge is 0.0223 e. The quantitative estimate of drug-likeness (QED) is 0.792. The third-order valence-electron chi connectivity index (χ3n) is 3.81. The molecule has 2 unspecified atom stereocenters. The van der Waals surface area contributed by atoms with E-state index in [1.165, 1.54) is 32.5 Å². The predicted molar refractivity (Wildman–Crippen MR) is 75.5 cm³/mol. The predicted octanol–water partition coefficient (Wildman–Crippen LogP) is 1.79. The van der Waals surface area contributed by atoms with Crippen molar-refractivity contribution < 1.29 is 0 Å². The lowest BCUT2D eigenvalue weighted by molar-refractivity contribution is 0.133. The van der Waals surface area contributed by atoms with Crippen molar-refractivity contribution in [2.75, 3.05) is 33.2 Å². The topological polar surface area (TPSA) is 18.5 Å². The summed E-state index contributed by atoms with van der Waals surface area (Å²) in [6, 6.07) is 1.97. The number of nitrogens with one attached hydrogen (secondary N) is 1. The van der Waals surface area contributed by atoms with Crippen LogP contribution in [0.1, 0.15) is 40.5 Å². The summed E-state index contributed by atoms with van der Waals surface area (Å²) >= 11 is 0. The number of likely N-dealkylation sites (N-methyl/N-ethyl adjacent to an activating group) is 1. The van der Waals surface area contributed by atoms with Gasteiger partial charge >= 0.3 is 0 Å². The maximum atomic E-state index is 3.56. The minimum absolute atomic E-state index is 0.590. The molecule has 0 spiro atoms. The second-order valence-corrected chi connectivity index (χ2v) is 5.83. The Morgan fingerprint density at radius 3 is 2.53 bits per heavy atom. The van der Waals surface area contributed by atoms with Gasteiger partial charge in [0.25, 0.3) is 0 Å². The molecule has 1 N–H and O–H groups in total. The maximum absolute atomic E-state index is 3.56. The van der Waals surface area contributed by atoms with Crippen LogP contribution in [0, 0.1) is 0 Å². The van der Waals surface area contributed by atoms with E-state index in [1.807, 2.05) is 0 Å². The van der Waals surface area contributed by atoms with Gasteiger partial charge in [-0.05, 0) is 33.4 Å². The zero-order chi connectivity index (χ0) is 12.8. The fourth-order valence-electron chi connectivity index (χ4n) is 2.73. The second-order valence-electron chi connectivity index (χ2n) is 5.83. The highest BCUT2D eigenvalue weighted by Gasteiger charge is 2.25. The molecule has 0 aromatic carbocycles. The van der Waals surface area contributed by atoms with Gasteiger partial charge in [0.1, 0.15) is 0 Å². The average molecular weight is 241 g/mol. The fourth-order valence-corrected chi connectivity index (χ4v) is 2.73. The summed E-state index contributed by atoms with van der Waals surface area (Å²) in [5, 5.41) is 3.56. The van der Waals surface area contributed by atoms with Crippen molar-refractivity contribution in [1.29, 1.82) is 0 Å². The number of hydrogen-bond acceptors (Lipinski definition) is 3. The first-order valence-electron chi connectivity index (χ1n) is 7.22. The summed E-state index contributed by atoms with van der Waals surface area (Å²) in [5.74, 6) is 0. The second kappa shape index (κ2) is 7.34. The van der Waals surface area contributed by atoms with Crippen LogP contribution in [-0.2, 0) is 0 Å². The van der Waals surface area contributed by atoms with Crippen LogP contribution in [0.15, 0.2) is 0 Å². The van der Waals surface area contributed by atoms with Crippen LogP contribution in [0.5, 0.6) is 0 Å². The number of nitrogens with zero attached hydrogens (tertiary/aromatic N) is 2. The van der Waals surface area contributed by atoms with Gasteiger partial charge in [-0.2, -0.15) is 0 Å². The Bertz CT molecular complexity index is 206. The van der Waals surface area contributed by atoms with Crippen molar-refractivity contribution >= 4 is 0 Å². The molecule has 0 saturated carbocycles. The summed E-state index contributed by atoms with van der Waals surface area (Å²) in [4.78, 5) is 5.19. The van der Waals surface area contributed by atoms with Gasteiger partial charge in [0.05, 0.1) is 0 Å². The van der Waals surface area contributed by atoms with Gasteiger partial charge in [-0.1, -0.05) is 20.8 Å². The zero-order valence-electron chi connectivity index (χ0n) is 12.4. The molecule has 3 heteroatoms. The summed E-state index contributed by atoms with van der Waals surface area (Å²) in [6.45, 7) is 14.0. The van der Waals surface area contributed by atoms with Gasteiger partial charge in [-0.25, -0.2) is 0 Å². The van der Waals surface area contributed by atoms with Crippen LogP contribution < -0.4 is 5.32 Å². The SMILES string of the molecule is CCC1CN(C)CCCN1C(C)CNC(C)C. The van der Waals surface area contributed by atoms with Gasteiger partial charge in [0.2, 0.25) is 0 Å². The molecule has 0 bridgehead atoms. The highest BCUT2D eigenvalue weighted by molar-refractivity contribution is 4.82. The molecule has 0 radical (unpaired) electrons. The van der Waals surface area contributed by atoms with Crippen LogP contribution in [-0.4, -0.2) is 61.2 Å². The van der Waals surface area contributed by atoms with Gasteiger partial charge in [0, 0.05) is 37.8 Å². The van der Waals surface area contributed by atoms with E-state index < -0.39 is 0 Å². The summed E-state index contributed by atoms with van der Waals surface area (Å²) in [6.07, 6.45) is 2.56. The largest absolute Gasteiger partial charge is 0.313 e. The lowest BCUT2D eigenvalue weighted by Crippen LogP contribution is -2.49. The first-order valence-corrected chi connectivity index (χ1v) is 7.22. The molecule has 1 heterocycles. The molecule has 1 aliphatic heterocycles. The lowest BCUT2D eigenvalue weighted by Gasteiger charge is -2.35. The van der Waals surface area contributed by atoms with E-state index in [2.05, 4.69) is 49.9 Å². The zero-order valence-corrected chi connectivity index (χ0v) is 12.4. The van der Waals surface area contributed by atoms with E-state index in [9.17, 15) is 0 Å². The molecule has 1 aliphatic rings. The highest BCUT2D eigenvalue weighted by atomic mass is 15.3. The van der Waals surface area contributed by atoms with Crippen molar-refractivity contribution in [2.24, 2.45) is 0 Å². The average Bonchev–Trinajstić information content (AvgIpc) is 2.47. The van der Waals surface area contributed by atoms with Crippen LogP contribution in [0.25, 0.3) is 0 Å². The van der Waals surface area contributed by atoms with Crippen molar-refractivity contribution in [1.82, 2.24) is 15.1 Å². The first kappa shape index (κ1) is 14.9. The van der Waals surface area contributed by atoms with E-state index in [0.29, 0.717) is 12.1 Å². The first-order chi connectivity index (χ1) is 8.04. The normalized spacial score (nSPS) is 26.1. The van der Waals surface area contributed by atoms with Crippen LogP contribution in [0.2, 0.25) is 0 Å². The Labute approximate surface area is 108 Å². The molecule has 1 saturated heterocycles. The summed E-state index contributed by atoms with van der Waals surface area (Å²) in [7, 11) is 2.25. The van der Waals surface area contributed by atoms with E-state index in [-0.39, 0.29) is 0 Å². The Balaban J connectivity index is 2.52. The third kappa shape index (κ3) is 4.94. The lowest BCUT2D eigenvalue weighted by atomic mass is 10.1. The Morgan fingerprint density at radius 2 is 1.94 bits per heavy atom. The molecular formula is C14H31N3. The molecule has 0 aliphatic carbocycles. The van der Waals surface area contributed by atoms with Gasteiger partial charge in [-0.15, -0.1) is 0 Å². The van der Waals surface area contributed by atoms with Gasteiger partial charge in [-0.3, -0.25) is 4.90 Å². The standard InChI is InChI=1S/C14H31N3/c1-6-14-11-16(5)8-7-9-17(14)13(4)10-15-12(2)3/h12-15H,6-11H2,1-5H3. The van der Waals surface area contributed by atoms with E-state index in [0.717, 1.165) is 12.6 Å². The molecule has 102 valence electrons. The maximum Gasteiger partial charge on any atom is 0.0223 e.